The Morgan fingerprint density at radius 1 is 1.21 bits per heavy atom. The van der Waals surface area contributed by atoms with Gasteiger partial charge in [0.15, 0.2) is 6.61 Å². The van der Waals surface area contributed by atoms with Crippen LogP contribution in [0.2, 0.25) is 0 Å². The number of nitrogens with two attached hydrogens (primary N) is 1. The molecule has 0 bridgehead atoms. The second-order valence-corrected chi connectivity index (χ2v) is 7.96. The molecule has 0 aromatic heterocycles. The van der Waals surface area contributed by atoms with Gasteiger partial charge in [-0.3, -0.25) is 9.59 Å². The first-order valence-electron chi connectivity index (χ1n) is 9.66. The Bertz CT molecular complexity index is 1140. The molecule has 172 valence electrons. The molecule has 4 amide bonds. The van der Waals surface area contributed by atoms with E-state index in [-0.39, 0.29) is 22.7 Å². The molecule has 1 aliphatic heterocycles. The molecule has 10 nitrogen and oxygen atoms in total. The highest BCUT2D eigenvalue weighted by molar-refractivity contribution is 9.10. The van der Waals surface area contributed by atoms with E-state index in [1.807, 2.05) is 0 Å². The van der Waals surface area contributed by atoms with Crippen molar-refractivity contribution in [2.24, 2.45) is 11.7 Å². The molecule has 0 spiro atoms. The Balaban J connectivity index is 1.99. The maximum absolute atomic E-state index is 13.4. The quantitative estimate of drug-likeness (QED) is 0.414. The second kappa shape index (κ2) is 10.2. The maximum Gasteiger partial charge on any atom is 0.339 e. The van der Waals surface area contributed by atoms with E-state index in [1.165, 1.54) is 13.2 Å². The van der Waals surface area contributed by atoms with Crippen molar-refractivity contribution >= 4 is 45.4 Å². The van der Waals surface area contributed by atoms with Crippen LogP contribution in [-0.4, -0.2) is 37.5 Å². The summed E-state index contributed by atoms with van der Waals surface area (Å²) >= 11 is 3.37. The largest absolute Gasteiger partial charge is 0.483 e. The van der Waals surface area contributed by atoms with Gasteiger partial charge in [-0.05, 0) is 30.3 Å². The van der Waals surface area contributed by atoms with Crippen molar-refractivity contribution in [3.8, 4) is 5.75 Å². The number of hydrogen-bond acceptors (Lipinski definition) is 6. The number of ether oxygens (including phenoxy) is 2. The number of halogens is 1. The zero-order chi connectivity index (χ0) is 24.1. The first-order chi connectivity index (χ1) is 15.7. The molecule has 2 atom stereocenters. The van der Waals surface area contributed by atoms with Crippen molar-refractivity contribution in [3.05, 3.63) is 70.3 Å². The highest BCUT2D eigenvalue weighted by Gasteiger charge is 2.39. The van der Waals surface area contributed by atoms with E-state index in [2.05, 4.69) is 38.5 Å². The number of urea groups is 1. The molecule has 3 rings (SSSR count). The number of methoxy groups -OCH3 is 1. The zero-order valence-electron chi connectivity index (χ0n) is 17.5. The summed E-state index contributed by atoms with van der Waals surface area (Å²) < 4.78 is 10.9. The molecule has 33 heavy (non-hydrogen) atoms. The van der Waals surface area contributed by atoms with Crippen LogP contribution in [0.4, 0.5) is 10.5 Å². The molecular formula is C22H21BrN4O6. The molecule has 1 fully saturated rings. The summed E-state index contributed by atoms with van der Waals surface area (Å²) in [5.74, 6) is -2.60. The lowest BCUT2D eigenvalue weighted by atomic mass is 9.87. The minimum absolute atomic E-state index is 0.137. The van der Waals surface area contributed by atoms with Crippen molar-refractivity contribution in [1.82, 2.24) is 10.6 Å². The first-order valence-corrected chi connectivity index (χ1v) is 10.5. The van der Waals surface area contributed by atoms with Crippen LogP contribution in [-0.2, 0) is 14.3 Å². The summed E-state index contributed by atoms with van der Waals surface area (Å²) in [6.07, 6.45) is 0. The molecule has 5 N–H and O–H groups in total. The number of carbonyl (C=O) groups excluding carboxylic acids is 4. The van der Waals surface area contributed by atoms with Crippen molar-refractivity contribution in [1.29, 1.82) is 0 Å². The standard InChI is InChI=1S/C22H21BrN4O6/c1-11-18(20(29)26-15-6-4-3-5-13(15)21(30)32-2)19(27-22(31)25-11)14-9-12(23)7-8-16(14)33-10-17(24)28/h3-9,18-19H,1,10H2,2H3,(H2,24,28)(H,26,29)(H2,25,27,31)/t18-,19-/m1/s1. The van der Waals surface area contributed by atoms with Gasteiger partial charge in [-0.25, -0.2) is 9.59 Å². The van der Waals surface area contributed by atoms with E-state index in [9.17, 15) is 19.2 Å². The number of rotatable bonds is 7. The monoisotopic (exact) mass is 516 g/mol. The van der Waals surface area contributed by atoms with E-state index < -0.39 is 42.4 Å². The van der Waals surface area contributed by atoms with Crippen LogP contribution in [0, 0.1) is 5.92 Å². The van der Waals surface area contributed by atoms with Gasteiger partial charge in [0.2, 0.25) is 5.91 Å². The van der Waals surface area contributed by atoms with Crippen LogP contribution in [0.25, 0.3) is 0 Å². The fourth-order valence-electron chi connectivity index (χ4n) is 3.39. The average molecular weight is 517 g/mol. The molecule has 11 heteroatoms. The third-order valence-electron chi connectivity index (χ3n) is 4.82. The van der Waals surface area contributed by atoms with Crippen LogP contribution < -0.4 is 26.4 Å². The van der Waals surface area contributed by atoms with Crippen LogP contribution >= 0.6 is 15.9 Å². The van der Waals surface area contributed by atoms with Gasteiger partial charge in [-0.15, -0.1) is 0 Å². The van der Waals surface area contributed by atoms with E-state index >= 15 is 0 Å². The first kappa shape index (κ1) is 23.8. The number of carbonyl (C=O) groups is 4. The Morgan fingerprint density at radius 3 is 2.64 bits per heavy atom. The lowest BCUT2D eigenvalue weighted by molar-refractivity contribution is -0.121. The third kappa shape index (κ3) is 5.50. The van der Waals surface area contributed by atoms with E-state index in [0.717, 1.165) is 0 Å². The van der Waals surface area contributed by atoms with E-state index in [0.29, 0.717) is 10.0 Å². The molecule has 1 heterocycles. The second-order valence-electron chi connectivity index (χ2n) is 7.04. The number of primary amides is 1. The fourth-order valence-corrected chi connectivity index (χ4v) is 3.76. The van der Waals surface area contributed by atoms with Crippen LogP contribution in [0.3, 0.4) is 0 Å². The molecule has 1 saturated heterocycles. The van der Waals surface area contributed by atoms with Crippen molar-refractivity contribution in [2.75, 3.05) is 19.0 Å². The predicted molar refractivity (Wildman–Crippen MR) is 122 cm³/mol. The number of amides is 4. The Morgan fingerprint density at radius 2 is 1.94 bits per heavy atom. The van der Waals surface area contributed by atoms with Crippen LogP contribution in [0.15, 0.2) is 59.2 Å². The number of nitrogens with one attached hydrogen (secondary N) is 3. The summed E-state index contributed by atoms with van der Waals surface area (Å²) in [4.78, 5) is 48.9. The summed E-state index contributed by atoms with van der Waals surface area (Å²) in [6.45, 7) is 3.44. The summed E-state index contributed by atoms with van der Waals surface area (Å²) in [6, 6.07) is 9.80. The highest BCUT2D eigenvalue weighted by atomic mass is 79.9. The molecular weight excluding hydrogens is 496 g/mol. The number of hydrogen-bond donors (Lipinski definition) is 4. The van der Waals surface area contributed by atoms with Gasteiger partial charge in [0.05, 0.1) is 24.4 Å². The zero-order valence-corrected chi connectivity index (χ0v) is 19.1. The van der Waals surface area contributed by atoms with Gasteiger partial charge in [-0.2, -0.15) is 0 Å². The van der Waals surface area contributed by atoms with Gasteiger partial charge < -0.3 is 31.2 Å². The summed E-state index contributed by atoms with van der Waals surface area (Å²) in [5.41, 5.74) is 6.14. The van der Waals surface area contributed by atoms with E-state index in [1.54, 1.807) is 36.4 Å². The van der Waals surface area contributed by atoms with Crippen molar-refractivity contribution in [2.45, 2.75) is 6.04 Å². The molecule has 0 aliphatic carbocycles. The Hall–Kier alpha value is -3.86. The van der Waals surface area contributed by atoms with Crippen molar-refractivity contribution in [3.63, 3.8) is 0 Å². The highest BCUT2D eigenvalue weighted by Crippen LogP contribution is 2.37. The number of esters is 1. The van der Waals surface area contributed by atoms with Gasteiger partial charge in [-0.1, -0.05) is 34.6 Å². The SMILES string of the molecule is C=C1NC(=O)N[C@H](c2cc(Br)ccc2OCC(N)=O)[C@@H]1C(=O)Nc1ccccc1C(=O)OC. The van der Waals surface area contributed by atoms with Gasteiger partial charge >= 0.3 is 12.0 Å². The normalized spacial score (nSPS) is 17.4. The van der Waals surface area contributed by atoms with E-state index in [4.69, 9.17) is 15.2 Å². The molecule has 2 aromatic rings. The third-order valence-corrected chi connectivity index (χ3v) is 5.31. The molecule has 0 radical (unpaired) electrons. The van der Waals surface area contributed by atoms with Crippen LogP contribution in [0.1, 0.15) is 22.0 Å². The van der Waals surface area contributed by atoms with Gasteiger partial charge in [0, 0.05) is 15.7 Å². The molecule has 2 aromatic carbocycles. The molecule has 0 saturated carbocycles. The smallest absolute Gasteiger partial charge is 0.339 e. The number of para-hydroxylation sites is 1. The Labute approximate surface area is 197 Å². The average Bonchev–Trinajstić information content (AvgIpc) is 2.77. The fraction of sp³-hybridized carbons (Fsp3) is 0.182. The Kier molecular flexibility index (Phi) is 7.34. The molecule has 1 aliphatic rings. The number of anilines is 1. The summed E-state index contributed by atoms with van der Waals surface area (Å²) in [5, 5.41) is 7.91. The minimum Gasteiger partial charge on any atom is -0.483 e. The lowest BCUT2D eigenvalue weighted by Gasteiger charge is -2.34. The molecule has 0 unspecified atom stereocenters. The van der Waals surface area contributed by atoms with Gasteiger partial charge in [0.25, 0.3) is 5.91 Å². The van der Waals surface area contributed by atoms with Crippen LogP contribution in [0.5, 0.6) is 5.75 Å². The summed E-state index contributed by atoms with van der Waals surface area (Å²) in [7, 11) is 1.24. The number of benzene rings is 2. The van der Waals surface area contributed by atoms with Crippen molar-refractivity contribution < 1.29 is 28.7 Å². The maximum atomic E-state index is 13.4. The topological polar surface area (TPSA) is 149 Å². The lowest BCUT2D eigenvalue weighted by Crippen LogP contribution is -2.52. The van der Waals surface area contributed by atoms with Gasteiger partial charge in [0.1, 0.15) is 11.7 Å². The predicted octanol–water partition coefficient (Wildman–Crippen LogP) is 2.22. The minimum atomic E-state index is -1.00.